The fraction of sp³-hybridized carbons (Fsp3) is 0.250. The maximum absolute atomic E-state index is 11.9. The van der Waals surface area contributed by atoms with Crippen LogP contribution in [-0.4, -0.2) is 52.8 Å². The van der Waals surface area contributed by atoms with Crippen molar-refractivity contribution in [3.8, 4) is 22.9 Å². The monoisotopic (exact) mass is 650 g/mol. The second-order valence-electron chi connectivity index (χ2n) is 12.7. The molecule has 2 aromatic heterocycles. The first-order chi connectivity index (χ1) is 22.4. The minimum Gasteiger partial charge on any atom is -0.505 e. The van der Waals surface area contributed by atoms with Crippen LogP contribution < -0.4 is 0 Å². The van der Waals surface area contributed by atoms with Crippen molar-refractivity contribution in [1.82, 2.24) is 30.0 Å². The van der Waals surface area contributed by atoms with Gasteiger partial charge in [0.2, 0.25) is 0 Å². The van der Waals surface area contributed by atoms with Crippen LogP contribution in [0, 0.1) is 0 Å². The number of halogens is 1. The molecule has 47 heavy (non-hydrogen) atoms. The lowest BCUT2D eigenvalue weighted by atomic mass is 9.84. The SMILES string of the molecule is C=C(C)C(=O)OCCCc1cc(Cc2cc(C(C)(C)C)cc(-n3nc4ccccc4n3)c2O)c(O)c(-n2nc3ccc(Cl)cc3n2)c1. The fourth-order valence-electron chi connectivity index (χ4n) is 5.30. The van der Waals surface area contributed by atoms with Crippen molar-refractivity contribution in [2.75, 3.05) is 6.61 Å². The normalized spacial score (nSPS) is 11.8. The molecule has 0 aliphatic rings. The van der Waals surface area contributed by atoms with E-state index in [0.717, 1.165) is 11.1 Å². The van der Waals surface area contributed by atoms with Gasteiger partial charge in [0.1, 0.15) is 44.9 Å². The van der Waals surface area contributed by atoms with Crippen LogP contribution in [0.1, 0.15) is 56.4 Å². The van der Waals surface area contributed by atoms with Gasteiger partial charge in [-0.3, -0.25) is 0 Å². The maximum Gasteiger partial charge on any atom is 0.333 e. The molecule has 0 saturated heterocycles. The van der Waals surface area contributed by atoms with Gasteiger partial charge in [-0.15, -0.1) is 30.0 Å². The van der Waals surface area contributed by atoms with Gasteiger partial charge < -0.3 is 14.9 Å². The lowest BCUT2D eigenvalue weighted by molar-refractivity contribution is -0.139. The number of hydrogen-bond donors (Lipinski definition) is 2. The van der Waals surface area contributed by atoms with E-state index in [1.54, 1.807) is 25.1 Å². The lowest BCUT2D eigenvalue weighted by Crippen LogP contribution is -2.14. The molecule has 0 fully saturated rings. The summed E-state index contributed by atoms with van der Waals surface area (Å²) in [4.78, 5) is 14.7. The third-order valence-corrected chi connectivity index (χ3v) is 8.13. The summed E-state index contributed by atoms with van der Waals surface area (Å²) in [5.74, 6) is -0.458. The van der Waals surface area contributed by atoms with Crippen molar-refractivity contribution >= 4 is 39.6 Å². The molecule has 10 nitrogen and oxygen atoms in total. The Labute approximate surface area is 276 Å². The quantitative estimate of drug-likeness (QED) is 0.0958. The summed E-state index contributed by atoms with van der Waals surface area (Å²) in [5, 5.41) is 42.3. The Morgan fingerprint density at radius 1 is 0.830 bits per heavy atom. The molecule has 0 amide bonds. The molecule has 6 aromatic rings. The van der Waals surface area contributed by atoms with Crippen LogP contribution in [0.4, 0.5) is 0 Å². The number of benzene rings is 4. The first-order valence-electron chi connectivity index (χ1n) is 15.3. The number of aryl methyl sites for hydroxylation is 1. The van der Waals surface area contributed by atoms with Gasteiger partial charge in [-0.25, -0.2) is 4.79 Å². The van der Waals surface area contributed by atoms with Gasteiger partial charge in [0.25, 0.3) is 0 Å². The van der Waals surface area contributed by atoms with Crippen LogP contribution in [0.25, 0.3) is 33.4 Å². The van der Waals surface area contributed by atoms with Crippen LogP contribution in [0.3, 0.4) is 0 Å². The van der Waals surface area contributed by atoms with Gasteiger partial charge in [0.15, 0.2) is 0 Å². The fourth-order valence-corrected chi connectivity index (χ4v) is 5.47. The zero-order valence-corrected chi connectivity index (χ0v) is 27.4. The second kappa shape index (κ2) is 12.5. The van der Waals surface area contributed by atoms with E-state index in [-0.39, 0.29) is 29.9 Å². The number of carbonyl (C=O) groups is 1. The topological polar surface area (TPSA) is 128 Å². The minimum atomic E-state index is -0.437. The van der Waals surface area contributed by atoms with Crippen LogP contribution >= 0.6 is 11.6 Å². The number of nitrogens with zero attached hydrogens (tertiary/aromatic N) is 6. The summed E-state index contributed by atoms with van der Waals surface area (Å²) in [6.07, 6.45) is 1.27. The summed E-state index contributed by atoms with van der Waals surface area (Å²) in [5.41, 5.74) is 6.48. The van der Waals surface area contributed by atoms with Crippen molar-refractivity contribution in [1.29, 1.82) is 0 Å². The highest BCUT2D eigenvalue weighted by atomic mass is 35.5. The predicted molar refractivity (Wildman–Crippen MR) is 182 cm³/mol. The van der Waals surface area contributed by atoms with Gasteiger partial charge >= 0.3 is 5.97 Å². The van der Waals surface area contributed by atoms with E-state index in [0.29, 0.717) is 68.0 Å². The molecule has 0 spiro atoms. The highest BCUT2D eigenvalue weighted by Gasteiger charge is 2.23. The molecule has 4 aromatic carbocycles. The number of fused-ring (bicyclic) bond motifs is 2. The molecule has 2 N–H and O–H groups in total. The van der Waals surface area contributed by atoms with E-state index in [2.05, 4.69) is 47.7 Å². The van der Waals surface area contributed by atoms with E-state index < -0.39 is 5.97 Å². The number of aromatic nitrogens is 6. The smallest absolute Gasteiger partial charge is 0.333 e. The van der Waals surface area contributed by atoms with Gasteiger partial charge in [0, 0.05) is 28.1 Å². The molecule has 0 saturated carbocycles. The summed E-state index contributed by atoms with van der Waals surface area (Å²) in [7, 11) is 0. The summed E-state index contributed by atoms with van der Waals surface area (Å²) in [6, 6.07) is 20.3. The molecular weight excluding hydrogens is 616 g/mol. The van der Waals surface area contributed by atoms with E-state index >= 15 is 0 Å². The molecule has 0 aliphatic carbocycles. The number of rotatable bonds is 9. The standard InChI is InChI=1S/C36H35ClN6O4/c1-21(2)35(46)47-14-8-9-22-15-23(33(44)31(16-22)42-40-29-13-12-26(37)20-30(29)41-42)17-24-18-25(36(3,4)5)19-32(34(24)45)43-38-27-10-6-7-11-28(27)39-43/h6-7,10-13,15-16,18-20,44-45H,1,8-9,14,17H2,2-5H3. The molecule has 6 rings (SSSR count). The minimum absolute atomic E-state index is 0.00830. The zero-order valence-electron chi connectivity index (χ0n) is 26.7. The number of carbonyl (C=O) groups excluding carboxylic acids is 1. The van der Waals surface area contributed by atoms with Crippen molar-refractivity contribution in [3.05, 3.63) is 106 Å². The predicted octanol–water partition coefficient (Wildman–Crippen LogP) is 7.16. The molecule has 11 heteroatoms. The molecule has 0 radical (unpaired) electrons. The Morgan fingerprint density at radius 2 is 1.40 bits per heavy atom. The second-order valence-corrected chi connectivity index (χ2v) is 13.1. The Bertz CT molecular complexity index is 2130. The third kappa shape index (κ3) is 6.69. The number of ether oxygens (including phenoxy) is 1. The number of aromatic hydroxyl groups is 2. The van der Waals surface area contributed by atoms with Gasteiger partial charge in [-0.1, -0.05) is 63.2 Å². The van der Waals surface area contributed by atoms with E-state index in [1.807, 2.05) is 48.5 Å². The average Bonchev–Trinajstić information content (AvgIpc) is 3.65. The highest BCUT2D eigenvalue weighted by Crippen LogP contribution is 2.37. The van der Waals surface area contributed by atoms with Crippen LogP contribution in [0.2, 0.25) is 5.02 Å². The van der Waals surface area contributed by atoms with Crippen LogP contribution in [0.5, 0.6) is 11.5 Å². The van der Waals surface area contributed by atoms with Gasteiger partial charge in [-0.05, 0) is 78.8 Å². The van der Waals surface area contributed by atoms with Crippen LogP contribution in [0.15, 0.2) is 78.9 Å². The van der Waals surface area contributed by atoms with Crippen molar-refractivity contribution < 1.29 is 19.7 Å². The molecule has 0 unspecified atom stereocenters. The van der Waals surface area contributed by atoms with E-state index in [1.165, 1.54) is 9.59 Å². The van der Waals surface area contributed by atoms with Crippen molar-refractivity contribution in [2.45, 2.75) is 52.4 Å². The average molecular weight is 651 g/mol. The molecule has 240 valence electrons. The number of esters is 1. The highest BCUT2D eigenvalue weighted by molar-refractivity contribution is 6.31. The molecule has 0 bridgehead atoms. The van der Waals surface area contributed by atoms with Gasteiger partial charge in [-0.2, -0.15) is 0 Å². The summed E-state index contributed by atoms with van der Waals surface area (Å²) < 4.78 is 5.30. The number of phenolic OH excluding ortho intramolecular Hbond substituents is 2. The van der Waals surface area contributed by atoms with E-state index in [9.17, 15) is 15.0 Å². The summed E-state index contributed by atoms with van der Waals surface area (Å²) in [6.45, 7) is 11.7. The van der Waals surface area contributed by atoms with Gasteiger partial charge in [0.05, 0.1) is 6.61 Å². The molecular formula is C36H35ClN6O4. The van der Waals surface area contributed by atoms with E-state index in [4.69, 9.17) is 16.3 Å². The lowest BCUT2D eigenvalue weighted by Gasteiger charge is -2.22. The zero-order chi connectivity index (χ0) is 33.5. The first kappa shape index (κ1) is 31.7. The molecule has 0 atom stereocenters. The first-order valence-corrected chi connectivity index (χ1v) is 15.6. The summed E-state index contributed by atoms with van der Waals surface area (Å²) >= 11 is 6.20. The Morgan fingerprint density at radius 3 is 2.02 bits per heavy atom. The Kier molecular flexibility index (Phi) is 8.46. The maximum atomic E-state index is 11.9. The Balaban J connectivity index is 1.43. The third-order valence-electron chi connectivity index (χ3n) is 7.90. The molecule has 0 aliphatic heterocycles. The molecule has 2 heterocycles. The largest absolute Gasteiger partial charge is 0.505 e. The van der Waals surface area contributed by atoms with Crippen molar-refractivity contribution in [2.24, 2.45) is 0 Å². The van der Waals surface area contributed by atoms with Crippen LogP contribution in [-0.2, 0) is 27.8 Å². The number of phenols is 2. The van der Waals surface area contributed by atoms with Crippen molar-refractivity contribution in [3.63, 3.8) is 0 Å². The number of hydrogen-bond acceptors (Lipinski definition) is 8. The Hall–Kier alpha value is -5.22.